The third-order valence-corrected chi connectivity index (χ3v) is 9.33. The quantitative estimate of drug-likeness (QED) is 0.587. The van der Waals surface area contributed by atoms with Gasteiger partial charge in [0.2, 0.25) is 0 Å². The van der Waals surface area contributed by atoms with Gasteiger partial charge < -0.3 is 19.7 Å². The van der Waals surface area contributed by atoms with Crippen LogP contribution in [0.2, 0.25) is 0 Å². The fourth-order valence-corrected chi connectivity index (χ4v) is 7.96. The molecule has 0 radical (unpaired) electrons. The summed E-state index contributed by atoms with van der Waals surface area (Å²) in [6.07, 6.45) is 2.43. The zero-order chi connectivity index (χ0) is 24.0. The van der Waals surface area contributed by atoms with Crippen LogP contribution in [0.1, 0.15) is 66.2 Å². The molecule has 3 aliphatic carbocycles. The molecule has 0 bridgehead atoms. The molecule has 9 unspecified atom stereocenters. The third-order valence-electron chi connectivity index (χ3n) is 9.33. The third kappa shape index (κ3) is 3.79. The highest BCUT2D eigenvalue weighted by molar-refractivity contribution is 5.74. The van der Waals surface area contributed by atoms with Crippen molar-refractivity contribution in [2.45, 2.75) is 72.3 Å². The van der Waals surface area contributed by atoms with E-state index in [4.69, 9.17) is 9.47 Å². The van der Waals surface area contributed by atoms with E-state index < -0.39 is 40.8 Å². The second-order valence-corrected chi connectivity index (χ2v) is 10.6. The van der Waals surface area contributed by atoms with E-state index >= 15 is 0 Å². The first-order valence-corrected chi connectivity index (χ1v) is 11.6. The van der Waals surface area contributed by atoms with Gasteiger partial charge in [-0.1, -0.05) is 20.8 Å². The number of hydrogen-bond donors (Lipinski definition) is 2. The Morgan fingerprint density at radius 3 is 2.22 bits per heavy atom. The highest BCUT2D eigenvalue weighted by Gasteiger charge is 2.66. The minimum atomic E-state index is -1.01. The Morgan fingerprint density at radius 1 is 1.03 bits per heavy atom. The topological polar surface area (TPSA) is 127 Å². The number of esters is 2. The van der Waals surface area contributed by atoms with Crippen LogP contribution in [0.5, 0.6) is 0 Å². The minimum absolute atomic E-state index is 0.0341. The van der Waals surface area contributed by atoms with Crippen LogP contribution in [-0.4, -0.2) is 47.3 Å². The molecule has 0 spiro atoms. The molecule has 3 fully saturated rings. The van der Waals surface area contributed by atoms with E-state index in [0.29, 0.717) is 19.3 Å². The lowest BCUT2D eigenvalue weighted by Crippen LogP contribution is -2.60. The Kier molecular flexibility index (Phi) is 6.64. The molecule has 0 heterocycles. The largest absolute Gasteiger partial charge is 0.481 e. The zero-order valence-electron chi connectivity index (χ0n) is 19.6. The predicted octanol–water partition coefficient (Wildman–Crippen LogP) is 3.37. The van der Waals surface area contributed by atoms with E-state index in [1.807, 2.05) is 6.92 Å². The van der Waals surface area contributed by atoms with E-state index in [1.54, 1.807) is 6.92 Å². The molecule has 3 rings (SSSR count). The molecule has 8 heteroatoms. The Morgan fingerprint density at radius 2 is 1.69 bits per heavy atom. The Balaban J connectivity index is 2.06. The number of carboxylic acid groups (broad SMARTS) is 2. The first kappa shape index (κ1) is 24.5. The van der Waals surface area contributed by atoms with E-state index in [9.17, 15) is 29.4 Å². The van der Waals surface area contributed by atoms with Crippen LogP contribution < -0.4 is 0 Å². The molecule has 2 N–H and O–H groups in total. The fraction of sp³-hybridized carbons (Fsp3) is 0.833. The Bertz CT molecular complexity index is 793. The molecule has 9 atom stereocenters. The molecule has 8 nitrogen and oxygen atoms in total. The summed E-state index contributed by atoms with van der Waals surface area (Å²) in [4.78, 5) is 48.4. The van der Waals surface area contributed by atoms with Crippen LogP contribution in [0.25, 0.3) is 0 Å². The van der Waals surface area contributed by atoms with Gasteiger partial charge in [-0.05, 0) is 61.2 Å². The standard InChI is InChI=1S/C24H36O8/c1-12(22(30)31-5)15-8-9-16-14-6-7-17(21(28)29)23(3,11-20(26)27)18(14)10-19(24(15,16)4)32-13(2)25/h12,14-19H,6-11H2,1-5H3,(H,26,27)(H,28,29). The molecule has 0 saturated heterocycles. The van der Waals surface area contributed by atoms with E-state index in [2.05, 4.69) is 6.92 Å². The zero-order valence-corrected chi connectivity index (χ0v) is 19.6. The van der Waals surface area contributed by atoms with Crippen LogP contribution in [0.4, 0.5) is 0 Å². The van der Waals surface area contributed by atoms with Crippen LogP contribution in [-0.2, 0) is 28.7 Å². The second-order valence-electron chi connectivity index (χ2n) is 10.6. The summed E-state index contributed by atoms with van der Waals surface area (Å²) < 4.78 is 10.9. The van der Waals surface area contributed by atoms with Crippen molar-refractivity contribution in [2.75, 3.05) is 7.11 Å². The van der Waals surface area contributed by atoms with Gasteiger partial charge in [0, 0.05) is 12.3 Å². The van der Waals surface area contributed by atoms with Gasteiger partial charge in [0.15, 0.2) is 0 Å². The van der Waals surface area contributed by atoms with Crippen LogP contribution >= 0.6 is 0 Å². The molecule has 0 aromatic carbocycles. The maximum atomic E-state index is 12.4. The molecule has 180 valence electrons. The summed E-state index contributed by atoms with van der Waals surface area (Å²) in [7, 11) is 1.37. The van der Waals surface area contributed by atoms with Gasteiger partial charge in [-0.25, -0.2) is 0 Å². The summed E-state index contributed by atoms with van der Waals surface area (Å²) in [6.45, 7) is 7.09. The van der Waals surface area contributed by atoms with Crippen LogP contribution in [0, 0.1) is 46.3 Å². The van der Waals surface area contributed by atoms with Crippen molar-refractivity contribution < 1.29 is 38.9 Å². The summed E-state index contributed by atoms with van der Waals surface area (Å²) >= 11 is 0. The average molecular weight is 453 g/mol. The van der Waals surface area contributed by atoms with Crippen molar-refractivity contribution >= 4 is 23.9 Å². The normalized spacial score (nSPS) is 41.7. The fourth-order valence-electron chi connectivity index (χ4n) is 7.96. The van der Waals surface area contributed by atoms with Crippen molar-refractivity contribution in [3.63, 3.8) is 0 Å². The maximum Gasteiger partial charge on any atom is 0.308 e. The first-order valence-electron chi connectivity index (χ1n) is 11.6. The molecule has 0 aliphatic heterocycles. The number of carbonyl (C=O) groups excluding carboxylic acids is 2. The van der Waals surface area contributed by atoms with E-state index in [1.165, 1.54) is 14.0 Å². The lowest BCUT2D eigenvalue weighted by Gasteiger charge is -2.60. The van der Waals surface area contributed by atoms with Crippen molar-refractivity contribution in [1.82, 2.24) is 0 Å². The Labute approximate surface area is 189 Å². The molecule has 0 aromatic heterocycles. The molecule has 0 aromatic rings. The first-order chi connectivity index (χ1) is 14.9. The van der Waals surface area contributed by atoms with Crippen LogP contribution in [0.15, 0.2) is 0 Å². The monoisotopic (exact) mass is 452 g/mol. The minimum Gasteiger partial charge on any atom is -0.481 e. The number of ether oxygens (including phenoxy) is 2. The number of rotatable bonds is 6. The summed E-state index contributed by atoms with van der Waals surface area (Å²) in [6, 6.07) is 0. The van der Waals surface area contributed by atoms with Gasteiger partial charge in [0.1, 0.15) is 6.10 Å². The smallest absolute Gasteiger partial charge is 0.308 e. The van der Waals surface area contributed by atoms with Crippen molar-refractivity contribution in [1.29, 1.82) is 0 Å². The predicted molar refractivity (Wildman–Crippen MR) is 113 cm³/mol. The van der Waals surface area contributed by atoms with Crippen molar-refractivity contribution in [3.8, 4) is 0 Å². The van der Waals surface area contributed by atoms with Gasteiger partial charge in [-0.3, -0.25) is 19.2 Å². The van der Waals surface area contributed by atoms with Gasteiger partial charge in [0.25, 0.3) is 0 Å². The molecule has 32 heavy (non-hydrogen) atoms. The van der Waals surface area contributed by atoms with Crippen LogP contribution in [0.3, 0.4) is 0 Å². The van der Waals surface area contributed by atoms with Crippen molar-refractivity contribution in [3.05, 3.63) is 0 Å². The highest BCUT2D eigenvalue weighted by Crippen LogP contribution is 2.67. The van der Waals surface area contributed by atoms with E-state index in [-0.39, 0.29) is 42.0 Å². The van der Waals surface area contributed by atoms with Gasteiger partial charge >= 0.3 is 23.9 Å². The second kappa shape index (κ2) is 8.67. The number of fused-ring (bicyclic) bond motifs is 3. The molecule has 3 aliphatic rings. The van der Waals surface area contributed by atoms with Gasteiger partial charge in [-0.2, -0.15) is 0 Å². The summed E-state index contributed by atoms with van der Waals surface area (Å²) in [5.41, 5.74) is -1.40. The Hall–Kier alpha value is -2.12. The number of hydrogen-bond acceptors (Lipinski definition) is 6. The average Bonchev–Trinajstić information content (AvgIpc) is 3.05. The van der Waals surface area contributed by atoms with Gasteiger partial charge in [0.05, 0.1) is 25.4 Å². The molecule has 0 amide bonds. The number of methoxy groups -OCH3 is 1. The van der Waals surface area contributed by atoms with Crippen molar-refractivity contribution in [2.24, 2.45) is 46.3 Å². The van der Waals surface area contributed by atoms with Gasteiger partial charge in [-0.15, -0.1) is 0 Å². The number of carboxylic acids is 2. The number of aliphatic carboxylic acids is 2. The van der Waals surface area contributed by atoms with E-state index in [0.717, 1.165) is 12.8 Å². The molecular weight excluding hydrogens is 416 g/mol. The lowest BCUT2D eigenvalue weighted by atomic mass is 9.45. The molecular formula is C24H36O8. The maximum absolute atomic E-state index is 12.4. The number of carbonyl (C=O) groups is 4. The SMILES string of the molecule is COC(=O)C(C)C1CCC2C3CCC(C(=O)O)C(C)(CC(=O)O)C3CC(OC(C)=O)C12C. The summed E-state index contributed by atoms with van der Waals surface area (Å²) in [5.74, 6) is -3.78. The molecule has 3 saturated carbocycles. The highest BCUT2D eigenvalue weighted by atomic mass is 16.5. The lowest BCUT2D eigenvalue weighted by molar-refractivity contribution is -0.198. The summed E-state index contributed by atoms with van der Waals surface area (Å²) in [5, 5.41) is 19.5.